The molecule has 0 heterocycles. The molecule has 0 unspecified atom stereocenters. The maximum absolute atomic E-state index is 17.8. The third-order valence-corrected chi connectivity index (χ3v) is 22.2. The van der Waals surface area contributed by atoms with Gasteiger partial charge in [-0.1, -0.05) is 203 Å². The van der Waals surface area contributed by atoms with Crippen molar-refractivity contribution in [3.63, 3.8) is 0 Å². The third kappa shape index (κ3) is 13.5. The molecule has 0 saturated heterocycles. The molecule has 0 radical (unpaired) electrons. The van der Waals surface area contributed by atoms with E-state index < -0.39 is 24.1 Å². The zero-order chi connectivity index (χ0) is 73.0. The average molecular weight is 1480 g/mol. The van der Waals surface area contributed by atoms with Gasteiger partial charge in [0.15, 0.2) is 0 Å². The highest BCUT2D eigenvalue weighted by Crippen LogP contribution is 2.58. The number of benzene rings is 13. The van der Waals surface area contributed by atoms with E-state index in [-0.39, 0.29) is 43.1 Å². The standard InChI is InChI=1S/C91H71Cl6F3O3/c1-48-29-32-70(82-53(6)51(4)52(5)81(57(82)10)59-23-16-13-17-24-59)83(50(48)3)73-45-72(87(69-33-30-61(92)43-75(69)95)91(103-47-60-25-18-19-26-77(60)98)88(73)89-78(99)27-20-28-79(89)100)71-42-62(93)44-76(96)86(71)66-38-40-80(101-11)85(55(66)8)67-35-36-68(90(97)56(67)9)65-37-39-74(94)84(54(65)7)64-34-31-63(41-49(64)2)102-46-58-21-14-12-15-22-58/h12-45H,46-47H2,1-11H3. The van der Waals surface area contributed by atoms with Crippen LogP contribution in [0.3, 0.4) is 0 Å². The molecule has 0 spiro atoms. The second-order valence-electron chi connectivity index (χ2n) is 26.3. The lowest BCUT2D eigenvalue weighted by Crippen LogP contribution is -2.07. The average Bonchev–Trinajstić information content (AvgIpc) is 0.718. The molecule has 13 rings (SSSR count). The summed E-state index contributed by atoms with van der Waals surface area (Å²) in [7, 11) is 1.63. The van der Waals surface area contributed by atoms with Crippen molar-refractivity contribution in [1.29, 1.82) is 0 Å². The summed E-state index contributed by atoms with van der Waals surface area (Å²) in [5.41, 5.74) is 23.0. The Morgan fingerprint density at radius 3 is 1.59 bits per heavy atom. The van der Waals surface area contributed by atoms with Crippen molar-refractivity contribution < 1.29 is 27.4 Å². The van der Waals surface area contributed by atoms with Crippen molar-refractivity contribution in [2.45, 2.75) is 82.5 Å². The lowest BCUT2D eigenvalue weighted by atomic mass is 9.77. The molecule has 0 aliphatic heterocycles. The summed E-state index contributed by atoms with van der Waals surface area (Å²) in [5.74, 6) is -1.01. The topological polar surface area (TPSA) is 27.7 Å². The molecule has 0 aromatic heterocycles. The van der Waals surface area contributed by atoms with Gasteiger partial charge in [-0.15, -0.1) is 0 Å². The van der Waals surface area contributed by atoms with Crippen LogP contribution in [0.1, 0.15) is 66.8 Å². The van der Waals surface area contributed by atoms with Gasteiger partial charge in [0, 0.05) is 59.6 Å². The number of rotatable bonds is 17. The highest BCUT2D eigenvalue weighted by molar-refractivity contribution is 6.39. The zero-order valence-electron chi connectivity index (χ0n) is 58.7. The minimum Gasteiger partial charge on any atom is -0.496 e. The minimum absolute atomic E-state index is 0.0194. The molecule has 3 nitrogen and oxygen atoms in total. The van der Waals surface area contributed by atoms with Crippen LogP contribution in [0, 0.1) is 86.7 Å². The molecule has 13 aromatic carbocycles. The summed E-state index contributed by atoms with van der Waals surface area (Å²) in [4.78, 5) is 0. The number of hydrogen-bond donors (Lipinski definition) is 0. The van der Waals surface area contributed by atoms with Crippen LogP contribution in [0.5, 0.6) is 17.2 Å². The van der Waals surface area contributed by atoms with E-state index in [1.165, 1.54) is 24.3 Å². The molecule has 0 aliphatic carbocycles. The van der Waals surface area contributed by atoms with Gasteiger partial charge in [0.05, 0.1) is 27.7 Å². The van der Waals surface area contributed by atoms with Gasteiger partial charge in [-0.2, -0.15) is 0 Å². The molecule has 0 N–H and O–H groups in total. The van der Waals surface area contributed by atoms with E-state index in [4.69, 9.17) is 83.8 Å². The summed E-state index contributed by atoms with van der Waals surface area (Å²) in [6.07, 6.45) is 0. The van der Waals surface area contributed by atoms with Crippen LogP contribution in [-0.4, -0.2) is 7.11 Å². The smallest absolute Gasteiger partial charge is 0.136 e. The minimum atomic E-state index is -0.874. The second kappa shape index (κ2) is 29.9. The lowest BCUT2D eigenvalue weighted by Gasteiger charge is -2.29. The first-order chi connectivity index (χ1) is 49.5. The Labute approximate surface area is 631 Å². The van der Waals surface area contributed by atoms with Crippen molar-refractivity contribution in [2.24, 2.45) is 0 Å². The van der Waals surface area contributed by atoms with Crippen LogP contribution < -0.4 is 14.2 Å². The first kappa shape index (κ1) is 72.2. The van der Waals surface area contributed by atoms with Crippen LogP contribution in [0.2, 0.25) is 30.1 Å². The van der Waals surface area contributed by atoms with Gasteiger partial charge < -0.3 is 14.2 Å². The molecule has 516 valence electrons. The van der Waals surface area contributed by atoms with E-state index in [2.05, 4.69) is 77.9 Å². The Balaban J connectivity index is 1.08. The number of hydrogen-bond acceptors (Lipinski definition) is 3. The number of aryl methyl sites for hydroxylation is 2. The van der Waals surface area contributed by atoms with Crippen LogP contribution in [-0.2, 0) is 13.2 Å². The summed E-state index contributed by atoms with van der Waals surface area (Å²) in [6.45, 7) is 20.7. The largest absolute Gasteiger partial charge is 0.496 e. The predicted molar refractivity (Wildman–Crippen MR) is 426 cm³/mol. The predicted octanol–water partition coefficient (Wildman–Crippen LogP) is 28.9. The SMILES string of the molecule is COc1ccc(-c2c(Cl)cc(Cl)cc2-c2cc(-c3c(-c4c(C)c(C)c(C)c(-c5ccccc5)c4C)ccc(C)c3C)c(-c3c(F)cccc3F)c(OCc3ccccc3F)c2-c2ccc(Cl)cc2Cl)c(C)c1-c1ccc(-c2ccc(Cl)c(-c3ccc(OCc4ccccc4)cc3C)c2C)c(Cl)c1C. The molecular weight excluding hydrogens is 1410 g/mol. The van der Waals surface area contributed by atoms with Crippen molar-refractivity contribution in [3.05, 3.63) is 321 Å². The van der Waals surface area contributed by atoms with Gasteiger partial charge in [-0.25, -0.2) is 13.2 Å². The Morgan fingerprint density at radius 1 is 0.301 bits per heavy atom. The molecule has 0 aliphatic rings. The summed E-state index contributed by atoms with van der Waals surface area (Å²) >= 11 is 44.4. The monoisotopic (exact) mass is 1480 g/mol. The fraction of sp³-hybridized carbons (Fsp3) is 0.143. The van der Waals surface area contributed by atoms with Gasteiger partial charge in [-0.05, 0) is 270 Å². The third-order valence-electron chi connectivity index (χ3n) is 20.3. The number of ether oxygens (including phenoxy) is 3. The molecular formula is C91H71Cl6F3O3. The summed E-state index contributed by atoms with van der Waals surface area (Å²) < 4.78 is 71.6. The van der Waals surface area contributed by atoms with Crippen molar-refractivity contribution in [2.75, 3.05) is 7.11 Å². The van der Waals surface area contributed by atoms with E-state index in [1.54, 1.807) is 49.6 Å². The van der Waals surface area contributed by atoms with Gasteiger partial charge >= 0.3 is 0 Å². The maximum Gasteiger partial charge on any atom is 0.136 e. The van der Waals surface area contributed by atoms with Crippen molar-refractivity contribution >= 4 is 69.6 Å². The normalized spacial score (nSPS) is 11.4. The summed E-state index contributed by atoms with van der Waals surface area (Å²) in [5, 5.41) is 2.14. The van der Waals surface area contributed by atoms with Gasteiger partial charge in [0.1, 0.15) is 47.9 Å². The molecule has 0 saturated carbocycles. The lowest BCUT2D eigenvalue weighted by molar-refractivity contribution is 0.302. The van der Waals surface area contributed by atoms with E-state index in [0.717, 1.165) is 123 Å². The van der Waals surface area contributed by atoms with E-state index in [0.29, 0.717) is 66.4 Å². The molecule has 0 amide bonds. The summed E-state index contributed by atoms with van der Waals surface area (Å²) in [6, 6.07) is 62.9. The zero-order valence-corrected chi connectivity index (χ0v) is 63.2. The fourth-order valence-corrected chi connectivity index (χ4v) is 16.5. The Kier molecular flexibility index (Phi) is 20.9. The quantitative estimate of drug-likeness (QED) is 0.0909. The molecule has 103 heavy (non-hydrogen) atoms. The first-order valence-electron chi connectivity index (χ1n) is 33.7. The first-order valence-corrected chi connectivity index (χ1v) is 36.0. The van der Waals surface area contributed by atoms with E-state index in [9.17, 15) is 0 Å². The Hall–Kier alpha value is -9.21. The number of halogens is 9. The molecule has 13 aromatic rings. The second-order valence-corrected chi connectivity index (χ2v) is 28.7. The van der Waals surface area contributed by atoms with E-state index in [1.807, 2.05) is 131 Å². The highest BCUT2D eigenvalue weighted by Gasteiger charge is 2.34. The molecule has 0 fully saturated rings. The number of methoxy groups -OCH3 is 1. The van der Waals surface area contributed by atoms with Crippen LogP contribution in [0.25, 0.3) is 111 Å². The fourth-order valence-electron chi connectivity index (χ4n) is 14.8. The Bertz CT molecular complexity index is 5530. The van der Waals surface area contributed by atoms with Crippen molar-refractivity contribution in [3.8, 4) is 129 Å². The van der Waals surface area contributed by atoms with Crippen LogP contribution in [0.4, 0.5) is 13.2 Å². The highest BCUT2D eigenvalue weighted by atomic mass is 35.5. The van der Waals surface area contributed by atoms with Crippen LogP contribution in [0.15, 0.2) is 206 Å². The molecule has 12 heteroatoms. The Morgan fingerprint density at radius 2 is 0.893 bits per heavy atom. The molecule has 0 bridgehead atoms. The van der Waals surface area contributed by atoms with Gasteiger partial charge in [0.2, 0.25) is 0 Å². The molecule has 0 atom stereocenters. The van der Waals surface area contributed by atoms with Crippen molar-refractivity contribution in [1.82, 2.24) is 0 Å². The van der Waals surface area contributed by atoms with Gasteiger partial charge in [-0.3, -0.25) is 0 Å². The van der Waals surface area contributed by atoms with Crippen LogP contribution >= 0.6 is 69.6 Å². The van der Waals surface area contributed by atoms with E-state index >= 15 is 13.2 Å². The maximum atomic E-state index is 17.8. The van der Waals surface area contributed by atoms with Gasteiger partial charge in [0.25, 0.3) is 0 Å².